The zero-order valence-corrected chi connectivity index (χ0v) is 12.0. The summed E-state index contributed by atoms with van der Waals surface area (Å²) in [6.45, 7) is 1.91. The monoisotopic (exact) mass is 325 g/mol. The van der Waals surface area contributed by atoms with Crippen molar-refractivity contribution in [2.75, 3.05) is 6.54 Å². The first kappa shape index (κ1) is 16.9. The van der Waals surface area contributed by atoms with Crippen molar-refractivity contribution in [3.05, 3.63) is 47.8 Å². The molecule has 2 N–H and O–H groups in total. The molecule has 0 fully saturated rings. The number of nitrogens with one attached hydrogen (secondary N) is 1. The average molecular weight is 325 g/mol. The molecule has 8 heteroatoms. The van der Waals surface area contributed by atoms with E-state index < -0.39 is 12.1 Å². The van der Waals surface area contributed by atoms with E-state index in [0.29, 0.717) is 0 Å². The quantitative estimate of drug-likeness (QED) is 0.842. The lowest BCUT2D eigenvalue weighted by atomic mass is 10.1. The van der Waals surface area contributed by atoms with E-state index in [1.807, 2.05) is 36.5 Å². The number of rotatable bonds is 1. The van der Waals surface area contributed by atoms with Gasteiger partial charge >= 0.3 is 12.1 Å². The summed E-state index contributed by atoms with van der Waals surface area (Å²) in [7, 11) is 0. The van der Waals surface area contributed by atoms with Crippen molar-refractivity contribution in [3.8, 4) is 11.4 Å². The zero-order chi connectivity index (χ0) is 16.9. The summed E-state index contributed by atoms with van der Waals surface area (Å²) >= 11 is 0. The lowest BCUT2D eigenvalue weighted by Gasteiger charge is -2.15. The van der Waals surface area contributed by atoms with Gasteiger partial charge in [0, 0.05) is 36.8 Å². The van der Waals surface area contributed by atoms with Crippen molar-refractivity contribution < 1.29 is 23.1 Å². The normalized spacial score (nSPS) is 13.5. The van der Waals surface area contributed by atoms with Crippen molar-refractivity contribution in [3.63, 3.8) is 0 Å². The summed E-state index contributed by atoms with van der Waals surface area (Å²) in [5.74, 6) is -1.92. The second-order valence-electron chi connectivity index (χ2n) is 4.76. The van der Waals surface area contributed by atoms with Crippen LogP contribution in [0.1, 0.15) is 11.3 Å². The fourth-order valence-corrected chi connectivity index (χ4v) is 1.96. The minimum Gasteiger partial charge on any atom is -0.475 e. The number of nitrogens with zero attached hydrogens (tertiary/aromatic N) is 2. The van der Waals surface area contributed by atoms with E-state index in [1.54, 1.807) is 0 Å². The Kier molecular flexibility index (Phi) is 5.28. The molecule has 1 aromatic heterocycles. The van der Waals surface area contributed by atoms with Gasteiger partial charge in [-0.25, -0.2) is 14.8 Å². The molecule has 0 amide bonds. The van der Waals surface area contributed by atoms with Crippen LogP contribution in [0.25, 0.3) is 11.4 Å². The Bertz CT molecular complexity index is 675. The van der Waals surface area contributed by atoms with E-state index in [1.165, 1.54) is 11.3 Å². The number of aromatic nitrogens is 2. The number of carboxylic acids is 1. The zero-order valence-electron chi connectivity index (χ0n) is 12.0. The van der Waals surface area contributed by atoms with Crippen LogP contribution in [0.4, 0.5) is 13.2 Å². The van der Waals surface area contributed by atoms with Gasteiger partial charge in [-0.05, 0) is 0 Å². The van der Waals surface area contributed by atoms with E-state index in [2.05, 4.69) is 15.3 Å². The highest BCUT2D eigenvalue weighted by Crippen LogP contribution is 2.17. The smallest absolute Gasteiger partial charge is 0.475 e. The van der Waals surface area contributed by atoms with Gasteiger partial charge in [-0.2, -0.15) is 13.2 Å². The standard InChI is InChI=1S/C13H13N3.C2HF3O2/c1-2-4-10(5-3-1)13-15-9-11-8-14-7-6-12(11)16-13;3-2(4,5)1(6)7/h1-5,9,14H,6-8H2;(H,6,7). The van der Waals surface area contributed by atoms with Crippen LogP contribution in [0.15, 0.2) is 36.5 Å². The summed E-state index contributed by atoms with van der Waals surface area (Å²) in [6, 6.07) is 10.1. The van der Waals surface area contributed by atoms with Crippen LogP contribution in [0.2, 0.25) is 0 Å². The second kappa shape index (κ2) is 7.19. The Balaban J connectivity index is 0.000000236. The molecule has 5 nitrogen and oxygen atoms in total. The molecule has 0 saturated heterocycles. The first-order valence-electron chi connectivity index (χ1n) is 6.79. The number of aliphatic carboxylic acids is 1. The van der Waals surface area contributed by atoms with Crippen molar-refractivity contribution in [2.24, 2.45) is 0 Å². The molecule has 0 aliphatic carbocycles. The Morgan fingerprint density at radius 2 is 1.87 bits per heavy atom. The molecule has 122 valence electrons. The maximum atomic E-state index is 10.6. The number of hydrogen-bond donors (Lipinski definition) is 2. The fraction of sp³-hybridized carbons (Fsp3) is 0.267. The number of alkyl halides is 3. The van der Waals surface area contributed by atoms with Gasteiger partial charge in [-0.1, -0.05) is 30.3 Å². The SMILES string of the molecule is O=C(O)C(F)(F)F.c1ccc(-c2ncc3c(n2)CCNC3)cc1. The third-order valence-corrected chi connectivity index (χ3v) is 3.08. The molecule has 0 spiro atoms. The molecule has 0 atom stereocenters. The summed E-state index contributed by atoms with van der Waals surface area (Å²) < 4.78 is 31.7. The summed E-state index contributed by atoms with van der Waals surface area (Å²) in [4.78, 5) is 17.9. The molecule has 1 aliphatic heterocycles. The van der Waals surface area contributed by atoms with Gasteiger partial charge in [0.25, 0.3) is 0 Å². The molecule has 3 rings (SSSR count). The third kappa shape index (κ3) is 4.75. The highest BCUT2D eigenvalue weighted by atomic mass is 19.4. The number of benzene rings is 1. The first-order chi connectivity index (χ1) is 10.9. The predicted octanol–water partition coefficient (Wildman–Crippen LogP) is 2.42. The van der Waals surface area contributed by atoms with Gasteiger partial charge in [-0.3, -0.25) is 0 Å². The highest BCUT2D eigenvalue weighted by Gasteiger charge is 2.38. The predicted molar refractivity (Wildman–Crippen MR) is 76.6 cm³/mol. The summed E-state index contributed by atoms with van der Waals surface area (Å²) in [5.41, 5.74) is 3.50. The van der Waals surface area contributed by atoms with Gasteiger partial charge < -0.3 is 10.4 Å². The summed E-state index contributed by atoms with van der Waals surface area (Å²) in [5, 5.41) is 10.4. The van der Waals surface area contributed by atoms with Crippen molar-refractivity contribution in [2.45, 2.75) is 19.1 Å². The van der Waals surface area contributed by atoms with E-state index in [-0.39, 0.29) is 0 Å². The molecule has 2 heterocycles. The second-order valence-corrected chi connectivity index (χ2v) is 4.76. The Morgan fingerprint density at radius 1 is 1.22 bits per heavy atom. The Hall–Kier alpha value is -2.48. The van der Waals surface area contributed by atoms with Crippen molar-refractivity contribution in [1.29, 1.82) is 0 Å². The van der Waals surface area contributed by atoms with Gasteiger partial charge in [0.05, 0.1) is 5.69 Å². The number of carboxylic acid groups (broad SMARTS) is 1. The molecular formula is C15H14F3N3O2. The molecule has 0 saturated carbocycles. The molecule has 0 bridgehead atoms. The minimum absolute atomic E-state index is 0.834. The largest absolute Gasteiger partial charge is 0.490 e. The Morgan fingerprint density at radius 3 is 2.48 bits per heavy atom. The number of fused-ring (bicyclic) bond motifs is 1. The maximum absolute atomic E-state index is 10.6. The molecule has 23 heavy (non-hydrogen) atoms. The van der Waals surface area contributed by atoms with Gasteiger partial charge in [0.15, 0.2) is 5.82 Å². The molecule has 0 radical (unpaired) electrons. The lowest BCUT2D eigenvalue weighted by Crippen LogP contribution is -2.24. The van der Waals surface area contributed by atoms with Crippen LogP contribution in [-0.4, -0.2) is 33.8 Å². The third-order valence-electron chi connectivity index (χ3n) is 3.08. The number of carbonyl (C=O) groups is 1. The summed E-state index contributed by atoms with van der Waals surface area (Å²) in [6.07, 6.45) is -2.14. The fourth-order valence-electron chi connectivity index (χ4n) is 1.96. The van der Waals surface area contributed by atoms with Gasteiger partial charge in [0.1, 0.15) is 0 Å². The van der Waals surface area contributed by atoms with Crippen molar-refractivity contribution >= 4 is 5.97 Å². The van der Waals surface area contributed by atoms with Gasteiger partial charge in [0.2, 0.25) is 0 Å². The molecule has 1 aliphatic rings. The number of hydrogen-bond acceptors (Lipinski definition) is 4. The van der Waals surface area contributed by atoms with Crippen LogP contribution in [0.3, 0.4) is 0 Å². The van der Waals surface area contributed by atoms with Crippen LogP contribution in [-0.2, 0) is 17.8 Å². The van der Waals surface area contributed by atoms with Crippen LogP contribution in [0.5, 0.6) is 0 Å². The van der Waals surface area contributed by atoms with Gasteiger partial charge in [-0.15, -0.1) is 0 Å². The first-order valence-corrected chi connectivity index (χ1v) is 6.79. The Labute approximate surface area is 130 Å². The van der Waals surface area contributed by atoms with E-state index in [9.17, 15) is 13.2 Å². The van der Waals surface area contributed by atoms with Crippen LogP contribution < -0.4 is 5.32 Å². The molecule has 2 aromatic rings. The minimum atomic E-state index is -5.08. The topological polar surface area (TPSA) is 75.1 Å². The van der Waals surface area contributed by atoms with E-state index >= 15 is 0 Å². The van der Waals surface area contributed by atoms with Crippen molar-refractivity contribution in [1.82, 2.24) is 15.3 Å². The number of halogens is 3. The van der Waals surface area contributed by atoms with E-state index in [4.69, 9.17) is 9.90 Å². The lowest BCUT2D eigenvalue weighted by molar-refractivity contribution is -0.192. The highest BCUT2D eigenvalue weighted by molar-refractivity contribution is 5.73. The average Bonchev–Trinajstić information content (AvgIpc) is 2.55. The molecular weight excluding hydrogens is 311 g/mol. The maximum Gasteiger partial charge on any atom is 0.490 e. The van der Waals surface area contributed by atoms with Crippen LogP contribution in [0, 0.1) is 0 Å². The van der Waals surface area contributed by atoms with E-state index in [0.717, 1.165) is 30.9 Å². The van der Waals surface area contributed by atoms with Crippen LogP contribution >= 0.6 is 0 Å². The molecule has 0 unspecified atom stereocenters. The molecule has 1 aromatic carbocycles.